The number of hydrogen-bond acceptors (Lipinski definition) is 3. The van der Waals surface area contributed by atoms with Crippen LogP contribution in [0.5, 0.6) is 0 Å². The van der Waals surface area contributed by atoms with E-state index in [-0.39, 0.29) is 11.4 Å². The molecule has 0 aliphatic carbocycles. The fourth-order valence-corrected chi connectivity index (χ4v) is 3.61. The second-order valence-corrected chi connectivity index (χ2v) is 7.29. The first kappa shape index (κ1) is 21.3. The summed E-state index contributed by atoms with van der Waals surface area (Å²) >= 11 is 0. The SMILES string of the molecule is Cc1cc(=O)c(C(=O)N(C)c2cccc3ccccc23)nn1-c1ccccc1C(F)(F)F. The van der Waals surface area contributed by atoms with Crippen LogP contribution in [-0.4, -0.2) is 22.7 Å². The number of rotatable bonds is 3. The Morgan fingerprint density at radius 2 is 1.62 bits per heavy atom. The van der Waals surface area contributed by atoms with E-state index in [1.807, 2.05) is 30.3 Å². The van der Waals surface area contributed by atoms with E-state index in [2.05, 4.69) is 5.10 Å². The number of aryl methyl sites for hydroxylation is 1. The number of carbonyl (C=O) groups excluding carboxylic acids is 1. The Bertz CT molecular complexity index is 1390. The Morgan fingerprint density at radius 3 is 2.38 bits per heavy atom. The minimum atomic E-state index is -4.63. The van der Waals surface area contributed by atoms with Crippen LogP contribution >= 0.6 is 0 Å². The molecule has 1 heterocycles. The van der Waals surface area contributed by atoms with Gasteiger partial charge in [-0.15, -0.1) is 0 Å². The van der Waals surface area contributed by atoms with E-state index in [0.717, 1.165) is 27.6 Å². The highest BCUT2D eigenvalue weighted by atomic mass is 19.4. The van der Waals surface area contributed by atoms with Crippen molar-refractivity contribution in [1.29, 1.82) is 0 Å². The van der Waals surface area contributed by atoms with Crippen molar-refractivity contribution in [3.8, 4) is 5.69 Å². The fraction of sp³-hybridized carbons (Fsp3) is 0.125. The molecule has 4 aromatic rings. The lowest BCUT2D eigenvalue weighted by molar-refractivity contribution is -0.137. The molecule has 0 saturated carbocycles. The molecule has 0 aliphatic rings. The van der Waals surface area contributed by atoms with E-state index in [4.69, 9.17) is 0 Å². The highest BCUT2D eigenvalue weighted by Gasteiger charge is 2.34. The predicted molar refractivity (Wildman–Crippen MR) is 116 cm³/mol. The standard InChI is InChI=1S/C24H18F3N3O2/c1-15-14-21(31)22(28-30(15)20-12-6-5-11-18(20)24(25,26)27)23(32)29(2)19-13-7-9-16-8-3-4-10-17(16)19/h3-14H,1-2H3. The van der Waals surface area contributed by atoms with Gasteiger partial charge in [0.25, 0.3) is 5.91 Å². The quantitative estimate of drug-likeness (QED) is 0.454. The third-order valence-electron chi connectivity index (χ3n) is 5.18. The maximum Gasteiger partial charge on any atom is 0.418 e. The maximum atomic E-state index is 13.5. The molecule has 32 heavy (non-hydrogen) atoms. The molecule has 0 bridgehead atoms. The van der Waals surface area contributed by atoms with Gasteiger partial charge in [-0.3, -0.25) is 9.59 Å². The van der Waals surface area contributed by atoms with Crippen molar-refractivity contribution < 1.29 is 18.0 Å². The van der Waals surface area contributed by atoms with Crippen molar-refractivity contribution in [2.24, 2.45) is 0 Å². The van der Waals surface area contributed by atoms with Crippen LogP contribution in [0.25, 0.3) is 16.5 Å². The molecule has 0 unspecified atom stereocenters. The van der Waals surface area contributed by atoms with Crippen LogP contribution in [0.1, 0.15) is 21.7 Å². The van der Waals surface area contributed by atoms with Crippen molar-refractivity contribution in [3.05, 3.63) is 100.0 Å². The summed E-state index contributed by atoms with van der Waals surface area (Å²) in [5.41, 5.74) is -1.59. The summed E-state index contributed by atoms with van der Waals surface area (Å²) in [6.07, 6.45) is -4.63. The molecule has 0 aliphatic heterocycles. The van der Waals surface area contributed by atoms with Crippen LogP contribution in [-0.2, 0) is 6.18 Å². The molecular weight excluding hydrogens is 419 g/mol. The Labute approximate surface area is 181 Å². The molecule has 0 fully saturated rings. The number of aromatic nitrogens is 2. The topological polar surface area (TPSA) is 55.2 Å². The molecule has 8 heteroatoms. The van der Waals surface area contributed by atoms with E-state index in [1.165, 1.54) is 37.1 Å². The van der Waals surface area contributed by atoms with Crippen molar-refractivity contribution in [3.63, 3.8) is 0 Å². The highest BCUT2D eigenvalue weighted by Crippen LogP contribution is 2.33. The maximum absolute atomic E-state index is 13.5. The van der Waals surface area contributed by atoms with Gasteiger partial charge in [0.1, 0.15) is 0 Å². The van der Waals surface area contributed by atoms with Crippen molar-refractivity contribution in [2.75, 3.05) is 11.9 Å². The summed E-state index contributed by atoms with van der Waals surface area (Å²) in [5.74, 6) is -0.718. The summed E-state index contributed by atoms with van der Waals surface area (Å²) in [4.78, 5) is 27.1. The lowest BCUT2D eigenvalue weighted by Crippen LogP contribution is -2.34. The van der Waals surface area contributed by atoms with Gasteiger partial charge in [0.15, 0.2) is 5.69 Å². The summed E-state index contributed by atoms with van der Waals surface area (Å²) in [5, 5.41) is 5.75. The number of nitrogens with zero attached hydrogens (tertiary/aromatic N) is 3. The molecule has 3 aromatic carbocycles. The van der Waals surface area contributed by atoms with Crippen LogP contribution in [0.2, 0.25) is 0 Å². The molecular formula is C24H18F3N3O2. The number of anilines is 1. The number of fused-ring (bicyclic) bond motifs is 1. The van der Waals surface area contributed by atoms with Gasteiger partial charge >= 0.3 is 6.18 Å². The van der Waals surface area contributed by atoms with Gasteiger partial charge in [-0.1, -0.05) is 48.5 Å². The molecule has 0 spiro atoms. The summed E-state index contributed by atoms with van der Waals surface area (Å²) in [7, 11) is 1.50. The minimum absolute atomic E-state index is 0.177. The van der Waals surface area contributed by atoms with Gasteiger partial charge in [0.2, 0.25) is 5.43 Å². The number of halogens is 3. The van der Waals surface area contributed by atoms with E-state index in [0.29, 0.717) is 5.69 Å². The Balaban J connectivity index is 1.84. The van der Waals surface area contributed by atoms with Crippen molar-refractivity contribution >= 4 is 22.4 Å². The first-order valence-electron chi connectivity index (χ1n) is 9.72. The summed E-state index contributed by atoms with van der Waals surface area (Å²) in [6.45, 7) is 1.46. The van der Waals surface area contributed by atoms with Crippen LogP contribution in [0.3, 0.4) is 0 Å². The molecule has 4 rings (SSSR count). The molecule has 162 valence electrons. The average molecular weight is 437 g/mol. The second-order valence-electron chi connectivity index (χ2n) is 7.29. The molecule has 0 saturated heterocycles. The molecule has 0 N–H and O–H groups in total. The fourth-order valence-electron chi connectivity index (χ4n) is 3.61. The van der Waals surface area contributed by atoms with Gasteiger partial charge in [0, 0.05) is 24.2 Å². The normalized spacial score (nSPS) is 11.5. The van der Waals surface area contributed by atoms with Crippen LogP contribution in [0.4, 0.5) is 18.9 Å². The second kappa shape index (κ2) is 7.96. The van der Waals surface area contributed by atoms with E-state index < -0.39 is 28.8 Å². The zero-order chi connectivity index (χ0) is 23.0. The van der Waals surface area contributed by atoms with Gasteiger partial charge in [-0.25, -0.2) is 4.68 Å². The van der Waals surface area contributed by atoms with Crippen molar-refractivity contribution in [1.82, 2.24) is 9.78 Å². The van der Waals surface area contributed by atoms with Gasteiger partial charge in [-0.05, 0) is 30.5 Å². The molecule has 1 amide bonds. The average Bonchev–Trinajstić information content (AvgIpc) is 2.77. The van der Waals surface area contributed by atoms with Crippen molar-refractivity contribution in [2.45, 2.75) is 13.1 Å². The highest BCUT2D eigenvalue weighted by molar-refractivity contribution is 6.09. The van der Waals surface area contributed by atoms with Crippen LogP contribution in [0, 0.1) is 6.92 Å². The first-order valence-corrected chi connectivity index (χ1v) is 9.72. The van der Waals surface area contributed by atoms with Gasteiger partial charge in [-0.2, -0.15) is 18.3 Å². The van der Waals surface area contributed by atoms with Crippen LogP contribution < -0.4 is 10.3 Å². The smallest absolute Gasteiger partial charge is 0.309 e. The lowest BCUT2D eigenvalue weighted by atomic mass is 10.1. The summed E-state index contributed by atoms with van der Waals surface area (Å²) in [6, 6.07) is 18.8. The number of carbonyl (C=O) groups is 1. The number of hydrogen-bond donors (Lipinski definition) is 0. The Hall–Kier alpha value is -3.94. The third kappa shape index (κ3) is 3.75. The summed E-state index contributed by atoms with van der Waals surface area (Å²) < 4.78 is 41.6. The largest absolute Gasteiger partial charge is 0.418 e. The number of alkyl halides is 3. The monoisotopic (exact) mass is 437 g/mol. The zero-order valence-corrected chi connectivity index (χ0v) is 17.2. The van der Waals surface area contributed by atoms with Crippen LogP contribution in [0.15, 0.2) is 77.6 Å². The van der Waals surface area contributed by atoms with Gasteiger partial charge in [0.05, 0.1) is 16.9 Å². The van der Waals surface area contributed by atoms with E-state index in [1.54, 1.807) is 12.1 Å². The number of benzene rings is 3. The van der Waals surface area contributed by atoms with E-state index >= 15 is 0 Å². The van der Waals surface area contributed by atoms with Gasteiger partial charge < -0.3 is 4.90 Å². The molecule has 5 nitrogen and oxygen atoms in total. The number of amides is 1. The lowest BCUT2D eigenvalue weighted by Gasteiger charge is -2.20. The molecule has 0 atom stereocenters. The third-order valence-corrected chi connectivity index (χ3v) is 5.18. The number of para-hydroxylation sites is 1. The Kier molecular flexibility index (Phi) is 5.30. The predicted octanol–water partition coefficient (Wildman–Crippen LogP) is 4.99. The Morgan fingerprint density at radius 1 is 0.969 bits per heavy atom. The first-order chi connectivity index (χ1) is 15.2. The minimum Gasteiger partial charge on any atom is -0.309 e. The molecule has 1 aromatic heterocycles. The zero-order valence-electron chi connectivity index (χ0n) is 17.2. The molecule has 0 radical (unpaired) electrons. The van der Waals surface area contributed by atoms with E-state index in [9.17, 15) is 22.8 Å².